The van der Waals surface area contributed by atoms with E-state index in [0.29, 0.717) is 12.1 Å². The van der Waals surface area contributed by atoms with Crippen molar-refractivity contribution in [1.29, 1.82) is 0 Å². The van der Waals surface area contributed by atoms with E-state index in [2.05, 4.69) is 5.32 Å². The fourth-order valence-corrected chi connectivity index (χ4v) is 1.23. The van der Waals surface area contributed by atoms with Crippen molar-refractivity contribution in [2.24, 2.45) is 0 Å². The first-order chi connectivity index (χ1) is 7.44. The minimum absolute atomic E-state index is 0.0108. The zero-order valence-electron chi connectivity index (χ0n) is 9.57. The molecule has 0 radical (unpaired) electrons. The van der Waals surface area contributed by atoms with Crippen molar-refractivity contribution in [1.82, 2.24) is 5.32 Å². The Labute approximate surface area is 94.9 Å². The zero-order chi connectivity index (χ0) is 12.2. The maximum Gasteiger partial charge on any atom is 0.123 e. The monoisotopic (exact) mass is 227 g/mol. The van der Waals surface area contributed by atoms with Gasteiger partial charge in [-0.05, 0) is 31.5 Å². The molecule has 16 heavy (non-hydrogen) atoms. The molecule has 1 aromatic rings. The summed E-state index contributed by atoms with van der Waals surface area (Å²) in [5.41, 5.74) is 0.226. The third kappa shape index (κ3) is 3.89. The summed E-state index contributed by atoms with van der Waals surface area (Å²) in [6.07, 6.45) is -0.702. The predicted molar refractivity (Wildman–Crippen MR) is 60.5 cm³/mol. The van der Waals surface area contributed by atoms with Crippen LogP contribution in [-0.2, 0) is 0 Å². The highest BCUT2D eigenvalue weighted by molar-refractivity contribution is 5.18. The molecule has 0 fully saturated rings. The van der Waals surface area contributed by atoms with Gasteiger partial charge in [0.25, 0.3) is 0 Å². The maximum atomic E-state index is 12.6. The Kier molecular flexibility index (Phi) is 4.41. The highest BCUT2D eigenvalue weighted by Gasteiger charge is 2.17. The Balaban J connectivity index is 2.53. The largest absolute Gasteiger partial charge is 0.394 e. The number of hydrogen-bond acceptors (Lipinski definition) is 3. The summed E-state index contributed by atoms with van der Waals surface area (Å²) in [6, 6.07) is 5.73. The van der Waals surface area contributed by atoms with E-state index in [0.717, 1.165) is 0 Å². The van der Waals surface area contributed by atoms with E-state index in [-0.39, 0.29) is 12.4 Å². The topological polar surface area (TPSA) is 52.5 Å². The highest BCUT2D eigenvalue weighted by atomic mass is 19.1. The third-order valence-electron chi connectivity index (χ3n) is 2.42. The van der Waals surface area contributed by atoms with Crippen LogP contribution in [0.25, 0.3) is 0 Å². The van der Waals surface area contributed by atoms with Crippen LogP contribution in [-0.4, -0.2) is 28.9 Å². The van der Waals surface area contributed by atoms with Crippen molar-refractivity contribution >= 4 is 0 Å². The first kappa shape index (κ1) is 13.1. The van der Waals surface area contributed by atoms with Crippen molar-refractivity contribution in [3.8, 4) is 0 Å². The van der Waals surface area contributed by atoms with Gasteiger partial charge in [0.1, 0.15) is 5.82 Å². The molecule has 0 bridgehead atoms. The normalized spacial score (nSPS) is 13.8. The molecule has 0 saturated heterocycles. The van der Waals surface area contributed by atoms with Gasteiger partial charge in [0.2, 0.25) is 0 Å². The summed E-state index contributed by atoms with van der Waals surface area (Å²) in [7, 11) is 0. The average molecular weight is 227 g/mol. The number of aliphatic hydroxyl groups is 2. The molecule has 1 aromatic carbocycles. The Morgan fingerprint density at radius 3 is 2.38 bits per heavy atom. The first-order valence-electron chi connectivity index (χ1n) is 5.24. The number of β-amino-alcohol motifs (C(OH)–C–C–N with tert-alkyl or cyclic N) is 1. The highest BCUT2D eigenvalue weighted by Crippen LogP contribution is 2.13. The zero-order valence-corrected chi connectivity index (χ0v) is 9.57. The molecule has 0 spiro atoms. The number of benzene rings is 1. The number of halogens is 1. The molecule has 1 rings (SSSR count). The summed E-state index contributed by atoms with van der Waals surface area (Å²) >= 11 is 0. The summed E-state index contributed by atoms with van der Waals surface area (Å²) in [5, 5.41) is 21.9. The smallest absolute Gasteiger partial charge is 0.123 e. The van der Waals surface area contributed by atoms with E-state index in [9.17, 15) is 9.50 Å². The fourth-order valence-electron chi connectivity index (χ4n) is 1.23. The summed E-state index contributed by atoms with van der Waals surface area (Å²) in [4.78, 5) is 0. The van der Waals surface area contributed by atoms with Gasteiger partial charge >= 0.3 is 0 Å². The molecule has 1 atom stereocenters. The van der Waals surface area contributed by atoms with Gasteiger partial charge in [-0.1, -0.05) is 12.1 Å². The van der Waals surface area contributed by atoms with E-state index in [1.807, 2.05) is 13.8 Å². The Bertz CT molecular complexity index is 324. The molecule has 0 saturated carbocycles. The fraction of sp³-hybridized carbons (Fsp3) is 0.500. The van der Waals surface area contributed by atoms with Gasteiger partial charge < -0.3 is 15.5 Å². The molecule has 4 heteroatoms. The van der Waals surface area contributed by atoms with Crippen molar-refractivity contribution in [3.05, 3.63) is 35.6 Å². The summed E-state index contributed by atoms with van der Waals surface area (Å²) in [5.74, 6) is -0.320. The van der Waals surface area contributed by atoms with Crippen molar-refractivity contribution in [2.75, 3.05) is 13.2 Å². The van der Waals surface area contributed by atoms with Gasteiger partial charge in [-0.15, -0.1) is 0 Å². The van der Waals surface area contributed by atoms with E-state index >= 15 is 0 Å². The SMILES string of the molecule is CC(C)(CO)NCC(O)c1ccc(F)cc1. The number of hydrogen-bond donors (Lipinski definition) is 3. The van der Waals surface area contributed by atoms with Crippen LogP contribution in [0.2, 0.25) is 0 Å². The van der Waals surface area contributed by atoms with Crippen LogP contribution in [0.5, 0.6) is 0 Å². The minimum Gasteiger partial charge on any atom is -0.394 e. The standard InChI is InChI=1S/C12H18FNO2/c1-12(2,8-15)14-7-11(16)9-3-5-10(13)6-4-9/h3-6,11,14-16H,7-8H2,1-2H3. The van der Waals surface area contributed by atoms with E-state index < -0.39 is 11.6 Å². The van der Waals surface area contributed by atoms with Crippen LogP contribution in [0.15, 0.2) is 24.3 Å². The molecule has 3 N–H and O–H groups in total. The minimum atomic E-state index is -0.702. The predicted octanol–water partition coefficient (Wildman–Crippen LogP) is 1.22. The second-order valence-corrected chi connectivity index (χ2v) is 4.49. The first-order valence-corrected chi connectivity index (χ1v) is 5.24. The van der Waals surface area contributed by atoms with Crippen LogP contribution in [0.1, 0.15) is 25.5 Å². The van der Waals surface area contributed by atoms with Crippen LogP contribution >= 0.6 is 0 Å². The molecular weight excluding hydrogens is 209 g/mol. The molecule has 0 amide bonds. The van der Waals surface area contributed by atoms with Crippen molar-refractivity contribution in [3.63, 3.8) is 0 Å². The van der Waals surface area contributed by atoms with E-state index in [4.69, 9.17) is 5.11 Å². The lowest BCUT2D eigenvalue weighted by atomic mass is 10.1. The lowest BCUT2D eigenvalue weighted by Gasteiger charge is -2.25. The van der Waals surface area contributed by atoms with Crippen LogP contribution in [0.4, 0.5) is 4.39 Å². The number of aliphatic hydroxyl groups excluding tert-OH is 2. The summed E-state index contributed by atoms with van der Waals surface area (Å²) < 4.78 is 12.6. The molecule has 0 heterocycles. The van der Waals surface area contributed by atoms with Gasteiger partial charge in [0.15, 0.2) is 0 Å². The van der Waals surface area contributed by atoms with Crippen LogP contribution in [0.3, 0.4) is 0 Å². The van der Waals surface area contributed by atoms with Crippen LogP contribution < -0.4 is 5.32 Å². The molecule has 3 nitrogen and oxygen atoms in total. The van der Waals surface area contributed by atoms with E-state index in [1.165, 1.54) is 12.1 Å². The molecule has 0 aliphatic rings. The molecule has 0 aromatic heterocycles. The summed E-state index contributed by atoms with van der Waals surface area (Å²) in [6.45, 7) is 3.98. The number of nitrogens with one attached hydrogen (secondary N) is 1. The van der Waals surface area contributed by atoms with Gasteiger partial charge in [-0.3, -0.25) is 0 Å². The van der Waals surface area contributed by atoms with Crippen molar-refractivity contribution in [2.45, 2.75) is 25.5 Å². The van der Waals surface area contributed by atoms with Gasteiger partial charge in [-0.2, -0.15) is 0 Å². The Hall–Kier alpha value is -0.970. The average Bonchev–Trinajstić information content (AvgIpc) is 2.27. The Morgan fingerprint density at radius 1 is 1.31 bits per heavy atom. The second kappa shape index (κ2) is 5.39. The quantitative estimate of drug-likeness (QED) is 0.709. The maximum absolute atomic E-state index is 12.6. The molecular formula is C12H18FNO2. The molecule has 0 aliphatic heterocycles. The molecule has 1 unspecified atom stereocenters. The number of rotatable bonds is 5. The van der Waals surface area contributed by atoms with Gasteiger partial charge in [0, 0.05) is 12.1 Å². The van der Waals surface area contributed by atoms with Gasteiger partial charge in [-0.25, -0.2) is 4.39 Å². The Morgan fingerprint density at radius 2 is 1.88 bits per heavy atom. The lowest BCUT2D eigenvalue weighted by molar-refractivity contribution is 0.136. The third-order valence-corrected chi connectivity index (χ3v) is 2.42. The van der Waals surface area contributed by atoms with Gasteiger partial charge in [0.05, 0.1) is 12.7 Å². The second-order valence-electron chi connectivity index (χ2n) is 4.49. The van der Waals surface area contributed by atoms with Crippen LogP contribution in [0, 0.1) is 5.82 Å². The van der Waals surface area contributed by atoms with E-state index in [1.54, 1.807) is 12.1 Å². The lowest BCUT2D eigenvalue weighted by Crippen LogP contribution is -2.44. The van der Waals surface area contributed by atoms with Crippen molar-refractivity contribution < 1.29 is 14.6 Å². The molecule has 90 valence electrons. The molecule has 0 aliphatic carbocycles.